The smallest absolute Gasteiger partial charge is 0.202 e. The van der Waals surface area contributed by atoms with Crippen molar-refractivity contribution in [2.24, 2.45) is 0 Å². The van der Waals surface area contributed by atoms with Gasteiger partial charge in [-0.05, 0) is 31.5 Å². The molecule has 102 valence electrons. The molecule has 0 atom stereocenters. The molecule has 1 aromatic carbocycles. The molecule has 19 heavy (non-hydrogen) atoms. The summed E-state index contributed by atoms with van der Waals surface area (Å²) in [6.07, 6.45) is 0.881. The van der Waals surface area contributed by atoms with E-state index in [1.165, 1.54) is 17.1 Å². The van der Waals surface area contributed by atoms with Gasteiger partial charge in [-0.25, -0.2) is 4.98 Å². The molecule has 5 heteroatoms. The Labute approximate surface area is 118 Å². The van der Waals surface area contributed by atoms with Crippen LogP contribution in [0.4, 0.5) is 10.8 Å². The summed E-state index contributed by atoms with van der Waals surface area (Å²) < 4.78 is 4.26. The van der Waals surface area contributed by atoms with E-state index in [9.17, 15) is 0 Å². The van der Waals surface area contributed by atoms with Crippen LogP contribution in [-0.2, 0) is 13.0 Å². The molecule has 0 bridgehead atoms. The molecule has 2 aromatic rings. The van der Waals surface area contributed by atoms with Crippen molar-refractivity contribution in [2.45, 2.75) is 39.8 Å². The minimum absolute atomic E-state index is 0.443. The molecule has 0 aliphatic rings. The van der Waals surface area contributed by atoms with E-state index in [1.807, 2.05) is 0 Å². The Balaban J connectivity index is 1.95. The molecule has 0 saturated carbocycles. The van der Waals surface area contributed by atoms with Crippen LogP contribution in [0.2, 0.25) is 0 Å². The summed E-state index contributed by atoms with van der Waals surface area (Å²) in [7, 11) is 0. The van der Waals surface area contributed by atoms with E-state index in [2.05, 4.69) is 65.0 Å². The van der Waals surface area contributed by atoms with Crippen LogP contribution in [0.3, 0.4) is 0 Å². The Hall–Kier alpha value is -1.62. The van der Waals surface area contributed by atoms with E-state index in [4.69, 9.17) is 0 Å². The van der Waals surface area contributed by atoms with Crippen molar-refractivity contribution in [3.8, 4) is 0 Å². The molecule has 0 radical (unpaired) electrons. The van der Waals surface area contributed by atoms with Crippen LogP contribution in [0.25, 0.3) is 0 Å². The van der Waals surface area contributed by atoms with E-state index in [0.717, 1.165) is 29.6 Å². The highest BCUT2D eigenvalue weighted by atomic mass is 32.1. The highest BCUT2D eigenvalue weighted by molar-refractivity contribution is 7.09. The summed E-state index contributed by atoms with van der Waals surface area (Å²) in [4.78, 5) is 4.40. The fourth-order valence-corrected chi connectivity index (χ4v) is 2.40. The predicted octanol–water partition coefficient (Wildman–Crippen LogP) is 3.53. The monoisotopic (exact) mass is 276 g/mol. The van der Waals surface area contributed by atoms with E-state index in [1.54, 1.807) is 0 Å². The van der Waals surface area contributed by atoms with Crippen molar-refractivity contribution in [3.63, 3.8) is 0 Å². The van der Waals surface area contributed by atoms with Gasteiger partial charge in [0.25, 0.3) is 0 Å². The van der Waals surface area contributed by atoms with Gasteiger partial charge in [0.05, 0.1) is 0 Å². The quantitative estimate of drug-likeness (QED) is 0.847. The second kappa shape index (κ2) is 6.52. The third-order valence-corrected chi connectivity index (χ3v) is 3.32. The highest BCUT2D eigenvalue weighted by Crippen LogP contribution is 2.15. The number of anilines is 2. The second-order valence-electron chi connectivity index (χ2n) is 4.72. The fraction of sp³-hybridized carbons (Fsp3) is 0.429. The summed E-state index contributed by atoms with van der Waals surface area (Å²) >= 11 is 1.42. The van der Waals surface area contributed by atoms with Crippen molar-refractivity contribution in [2.75, 3.05) is 10.6 Å². The van der Waals surface area contributed by atoms with Gasteiger partial charge in [-0.15, -0.1) is 0 Å². The molecule has 4 nitrogen and oxygen atoms in total. The summed E-state index contributed by atoms with van der Waals surface area (Å²) in [5.74, 6) is 0.905. The van der Waals surface area contributed by atoms with Gasteiger partial charge in [0.2, 0.25) is 5.13 Å². The van der Waals surface area contributed by atoms with Crippen LogP contribution in [0.15, 0.2) is 24.3 Å². The first-order chi connectivity index (χ1) is 9.17. The molecule has 0 saturated heterocycles. The average Bonchev–Trinajstić information content (AvgIpc) is 2.84. The first-order valence-corrected chi connectivity index (χ1v) is 7.36. The number of nitrogens with one attached hydrogen (secondary N) is 2. The van der Waals surface area contributed by atoms with Gasteiger partial charge in [-0.2, -0.15) is 4.37 Å². The van der Waals surface area contributed by atoms with Gasteiger partial charge >= 0.3 is 0 Å². The first kappa shape index (κ1) is 13.8. The fourth-order valence-electron chi connectivity index (χ4n) is 1.75. The zero-order valence-electron chi connectivity index (χ0n) is 11.6. The van der Waals surface area contributed by atoms with Gasteiger partial charge in [-0.1, -0.05) is 19.1 Å². The van der Waals surface area contributed by atoms with Gasteiger partial charge in [0.15, 0.2) is 0 Å². The van der Waals surface area contributed by atoms with Crippen LogP contribution in [0.1, 0.15) is 32.2 Å². The van der Waals surface area contributed by atoms with Crippen molar-refractivity contribution >= 4 is 22.4 Å². The molecule has 2 N–H and O–H groups in total. The van der Waals surface area contributed by atoms with Crippen LogP contribution >= 0.6 is 11.5 Å². The third-order valence-electron chi connectivity index (χ3n) is 2.61. The maximum Gasteiger partial charge on any atom is 0.202 e. The maximum atomic E-state index is 4.40. The van der Waals surface area contributed by atoms with Gasteiger partial charge < -0.3 is 10.6 Å². The Bertz CT molecular complexity index is 522. The number of hydrogen-bond acceptors (Lipinski definition) is 5. The van der Waals surface area contributed by atoms with Crippen LogP contribution in [-0.4, -0.2) is 15.4 Å². The van der Waals surface area contributed by atoms with E-state index in [-0.39, 0.29) is 0 Å². The zero-order chi connectivity index (χ0) is 13.7. The van der Waals surface area contributed by atoms with Crippen LogP contribution < -0.4 is 10.6 Å². The number of nitrogens with zero attached hydrogens (tertiary/aromatic N) is 2. The van der Waals surface area contributed by atoms with Gasteiger partial charge in [0, 0.05) is 36.2 Å². The minimum atomic E-state index is 0.443. The highest BCUT2D eigenvalue weighted by Gasteiger charge is 2.02. The van der Waals surface area contributed by atoms with Crippen molar-refractivity contribution in [1.82, 2.24) is 9.36 Å². The van der Waals surface area contributed by atoms with Crippen LogP contribution in [0, 0.1) is 0 Å². The average molecular weight is 276 g/mol. The zero-order valence-corrected chi connectivity index (χ0v) is 12.4. The number of aromatic nitrogens is 2. The largest absolute Gasteiger partial charge is 0.383 e. The SMILES string of the molecule is CCc1nsc(NCc2cccc(NC(C)C)c2)n1. The summed E-state index contributed by atoms with van der Waals surface area (Å²) in [5, 5.41) is 7.60. The lowest BCUT2D eigenvalue weighted by molar-refractivity contribution is 0.899. The molecule has 0 unspecified atom stereocenters. The second-order valence-corrected chi connectivity index (χ2v) is 5.47. The lowest BCUT2D eigenvalue weighted by atomic mass is 10.2. The summed E-state index contributed by atoms with van der Waals surface area (Å²) in [6.45, 7) is 7.11. The predicted molar refractivity (Wildman–Crippen MR) is 81.8 cm³/mol. The van der Waals surface area contributed by atoms with E-state index >= 15 is 0 Å². The molecule has 0 amide bonds. The lowest BCUT2D eigenvalue weighted by Crippen LogP contribution is -2.10. The number of hydrogen-bond donors (Lipinski definition) is 2. The molecule has 0 fully saturated rings. The molecule has 1 aromatic heterocycles. The number of rotatable bonds is 6. The number of benzene rings is 1. The molecule has 0 aliphatic carbocycles. The Morgan fingerprint density at radius 1 is 1.32 bits per heavy atom. The topological polar surface area (TPSA) is 49.8 Å². The number of aryl methyl sites for hydroxylation is 1. The van der Waals surface area contributed by atoms with E-state index in [0.29, 0.717) is 6.04 Å². The molecular weight excluding hydrogens is 256 g/mol. The van der Waals surface area contributed by atoms with Crippen molar-refractivity contribution in [3.05, 3.63) is 35.7 Å². The Morgan fingerprint density at radius 3 is 2.84 bits per heavy atom. The lowest BCUT2D eigenvalue weighted by Gasteiger charge is -2.11. The molecule has 2 rings (SSSR count). The third kappa shape index (κ3) is 4.21. The minimum Gasteiger partial charge on any atom is -0.383 e. The maximum absolute atomic E-state index is 4.40. The molecule has 0 spiro atoms. The summed E-state index contributed by atoms with van der Waals surface area (Å²) in [6, 6.07) is 8.87. The summed E-state index contributed by atoms with van der Waals surface area (Å²) in [5.41, 5.74) is 2.39. The van der Waals surface area contributed by atoms with Crippen molar-refractivity contribution < 1.29 is 0 Å². The normalized spacial score (nSPS) is 10.7. The Morgan fingerprint density at radius 2 is 2.16 bits per heavy atom. The molecular formula is C14H20N4S. The van der Waals surface area contributed by atoms with Gasteiger partial charge in [-0.3, -0.25) is 0 Å². The van der Waals surface area contributed by atoms with Gasteiger partial charge in [0.1, 0.15) is 5.82 Å². The van der Waals surface area contributed by atoms with E-state index < -0.39 is 0 Å². The molecule has 1 heterocycles. The first-order valence-electron chi connectivity index (χ1n) is 6.59. The van der Waals surface area contributed by atoms with Crippen molar-refractivity contribution in [1.29, 1.82) is 0 Å². The molecule has 0 aliphatic heterocycles. The van der Waals surface area contributed by atoms with Crippen LogP contribution in [0.5, 0.6) is 0 Å². The standard InChI is InChI=1S/C14H20N4S/c1-4-13-17-14(19-18-13)15-9-11-6-5-7-12(8-11)16-10(2)3/h5-8,10,16H,4,9H2,1-3H3,(H,15,17,18). The Kier molecular flexibility index (Phi) is 4.74.